The van der Waals surface area contributed by atoms with Gasteiger partial charge in [0, 0.05) is 35.3 Å². The summed E-state index contributed by atoms with van der Waals surface area (Å²) >= 11 is 3.87. The zero-order valence-electron chi connectivity index (χ0n) is 12.9. The van der Waals surface area contributed by atoms with Gasteiger partial charge in [-0.1, -0.05) is 0 Å². The Balaban J connectivity index is 1.48. The van der Waals surface area contributed by atoms with Crippen LogP contribution in [0.1, 0.15) is 10.4 Å². The first-order valence-corrected chi connectivity index (χ1v) is 9.66. The number of carbonyl (C=O) groups is 1. The highest BCUT2D eigenvalue weighted by molar-refractivity contribution is 14.1. The number of thiophene rings is 1. The average Bonchev–Trinajstić information content (AvgIpc) is 3.11. The molecule has 0 bridgehead atoms. The molecule has 7 heteroatoms. The number of halogens is 1. The van der Waals surface area contributed by atoms with E-state index in [2.05, 4.69) is 43.5 Å². The van der Waals surface area contributed by atoms with E-state index >= 15 is 0 Å². The summed E-state index contributed by atoms with van der Waals surface area (Å²) in [6.07, 6.45) is 1.62. The molecule has 1 amide bonds. The Bertz CT molecular complexity index is 872. The summed E-state index contributed by atoms with van der Waals surface area (Å²) in [7, 11) is 0. The highest BCUT2D eigenvalue weighted by Crippen LogP contribution is 2.27. The molecule has 1 aliphatic rings. The van der Waals surface area contributed by atoms with Crippen molar-refractivity contribution in [2.24, 2.45) is 0 Å². The number of amides is 1. The number of benzene rings is 1. The number of piperazine rings is 1. The van der Waals surface area contributed by atoms with E-state index in [9.17, 15) is 4.79 Å². The van der Waals surface area contributed by atoms with Crippen LogP contribution >= 0.6 is 33.9 Å². The zero-order chi connectivity index (χ0) is 16.5. The predicted octanol–water partition coefficient (Wildman–Crippen LogP) is 3.26. The Hall–Kier alpha value is -1.74. The molecule has 0 N–H and O–H groups in total. The zero-order valence-corrected chi connectivity index (χ0v) is 15.8. The van der Waals surface area contributed by atoms with Gasteiger partial charge in [0.2, 0.25) is 0 Å². The fraction of sp³-hybridized carbons (Fsp3) is 0.235. The van der Waals surface area contributed by atoms with Crippen LogP contribution in [0.25, 0.3) is 10.2 Å². The van der Waals surface area contributed by atoms with E-state index < -0.39 is 0 Å². The van der Waals surface area contributed by atoms with Gasteiger partial charge in [0.05, 0.1) is 5.39 Å². The molecule has 24 heavy (non-hydrogen) atoms. The van der Waals surface area contributed by atoms with Crippen LogP contribution in [0.3, 0.4) is 0 Å². The largest absolute Gasteiger partial charge is 0.352 e. The molecule has 3 aromatic rings. The lowest BCUT2D eigenvalue weighted by molar-refractivity contribution is 0.0746. The van der Waals surface area contributed by atoms with Gasteiger partial charge in [-0.05, 0) is 58.3 Å². The molecular weight excluding hydrogens is 435 g/mol. The molecule has 1 fully saturated rings. The minimum atomic E-state index is 0.106. The van der Waals surface area contributed by atoms with Crippen LogP contribution in [0.4, 0.5) is 5.82 Å². The molecule has 5 nitrogen and oxygen atoms in total. The van der Waals surface area contributed by atoms with Crippen LogP contribution in [-0.2, 0) is 0 Å². The van der Waals surface area contributed by atoms with Crippen molar-refractivity contribution in [3.05, 3.63) is 51.2 Å². The van der Waals surface area contributed by atoms with Gasteiger partial charge < -0.3 is 9.80 Å². The van der Waals surface area contributed by atoms with Crippen LogP contribution in [0, 0.1) is 3.57 Å². The van der Waals surface area contributed by atoms with Gasteiger partial charge in [-0.3, -0.25) is 4.79 Å². The number of fused-ring (bicyclic) bond motifs is 1. The monoisotopic (exact) mass is 450 g/mol. The molecule has 0 spiro atoms. The maximum absolute atomic E-state index is 12.6. The maximum Gasteiger partial charge on any atom is 0.253 e. The van der Waals surface area contributed by atoms with Crippen molar-refractivity contribution in [2.75, 3.05) is 31.1 Å². The summed E-state index contributed by atoms with van der Waals surface area (Å²) in [5, 5.41) is 3.14. The molecule has 1 saturated heterocycles. The van der Waals surface area contributed by atoms with Crippen LogP contribution in [-0.4, -0.2) is 47.0 Å². The average molecular weight is 450 g/mol. The SMILES string of the molecule is O=C(c1ccc(I)cc1)N1CCN(c2ncnc3sccc23)CC1. The van der Waals surface area contributed by atoms with Crippen molar-refractivity contribution in [1.29, 1.82) is 0 Å². The molecule has 1 aliphatic heterocycles. The van der Waals surface area contributed by atoms with Crippen molar-refractivity contribution >= 4 is 55.9 Å². The van der Waals surface area contributed by atoms with Crippen LogP contribution in [0.2, 0.25) is 0 Å². The molecule has 122 valence electrons. The normalized spacial score (nSPS) is 15.0. The van der Waals surface area contributed by atoms with Gasteiger partial charge in [-0.15, -0.1) is 11.3 Å². The topological polar surface area (TPSA) is 49.3 Å². The fourth-order valence-electron chi connectivity index (χ4n) is 2.93. The van der Waals surface area contributed by atoms with Crippen molar-refractivity contribution in [3.63, 3.8) is 0 Å². The van der Waals surface area contributed by atoms with Crippen LogP contribution in [0.5, 0.6) is 0 Å². The van der Waals surface area contributed by atoms with Crippen LogP contribution < -0.4 is 4.90 Å². The molecular formula is C17H15IN4OS. The lowest BCUT2D eigenvalue weighted by Gasteiger charge is -2.35. The number of carbonyl (C=O) groups excluding carboxylic acids is 1. The number of hydrogen-bond donors (Lipinski definition) is 0. The Morgan fingerprint density at radius 2 is 1.79 bits per heavy atom. The van der Waals surface area contributed by atoms with Crippen molar-refractivity contribution in [2.45, 2.75) is 0 Å². The molecule has 1 aromatic carbocycles. The van der Waals surface area contributed by atoms with E-state index in [1.54, 1.807) is 17.7 Å². The van der Waals surface area contributed by atoms with Gasteiger partial charge in [-0.25, -0.2) is 9.97 Å². The summed E-state index contributed by atoms with van der Waals surface area (Å²) in [6, 6.07) is 9.81. The summed E-state index contributed by atoms with van der Waals surface area (Å²) in [4.78, 5) is 26.5. The Morgan fingerprint density at radius 1 is 1.04 bits per heavy atom. The molecule has 0 aliphatic carbocycles. The van der Waals surface area contributed by atoms with E-state index in [4.69, 9.17) is 0 Å². The molecule has 0 atom stereocenters. The van der Waals surface area contributed by atoms with Gasteiger partial charge in [0.25, 0.3) is 5.91 Å². The third-order valence-electron chi connectivity index (χ3n) is 4.20. The van der Waals surface area contributed by atoms with Crippen molar-refractivity contribution in [3.8, 4) is 0 Å². The first kappa shape index (κ1) is 15.8. The summed E-state index contributed by atoms with van der Waals surface area (Å²) < 4.78 is 1.14. The second-order valence-electron chi connectivity index (χ2n) is 5.62. The smallest absolute Gasteiger partial charge is 0.253 e. The number of nitrogens with zero attached hydrogens (tertiary/aromatic N) is 4. The summed E-state index contributed by atoms with van der Waals surface area (Å²) in [6.45, 7) is 3.00. The summed E-state index contributed by atoms with van der Waals surface area (Å²) in [5.74, 6) is 1.08. The number of aromatic nitrogens is 2. The second kappa shape index (κ2) is 6.64. The Morgan fingerprint density at radius 3 is 2.54 bits per heavy atom. The molecule has 2 aromatic heterocycles. The molecule has 4 rings (SSSR count). The van der Waals surface area contributed by atoms with Gasteiger partial charge in [0.1, 0.15) is 17.0 Å². The predicted molar refractivity (Wildman–Crippen MR) is 105 cm³/mol. The van der Waals surface area contributed by atoms with E-state index in [1.807, 2.05) is 34.5 Å². The fourth-order valence-corrected chi connectivity index (χ4v) is 4.01. The minimum Gasteiger partial charge on any atom is -0.352 e. The first-order chi connectivity index (χ1) is 11.7. The highest BCUT2D eigenvalue weighted by atomic mass is 127. The van der Waals surface area contributed by atoms with Crippen molar-refractivity contribution in [1.82, 2.24) is 14.9 Å². The number of rotatable bonds is 2. The number of anilines is 1. The first-order valence-electron chi connectivity index (χ1n) is 7.70. The third kappa shape index (κ3) is 2.98. The maximum atomic E-state index is 12.6. The van der Waals surface area contributed by atoms with Crippen molar-refractivity contribution < 1.29 is 4.79 Å². The van der Waals surface area contributed by atoms with Gasteiger partial charge >= 0.3 is 0 Å². The van der Waals surface area contributed by atoms with E-state index in [1.165, 1.54) is 0 Å². The molecule has 0 saturated carbocycles. The summed E-state index contributed by atoms with van der Waals surface area (Å²) in [5.41, 5.74) is 0.756. The van der Waals surface area contributed by atoms with Gasteiger partial charge in [0.15, 0.2) is 0 Å². The van der Waals surface area contributed by atoms with Gasteiger partial charge in [-0.2, -0.15) is 0 Å². The molecule has 3 heterocycles. The lowest BCUT2D eigenvalue weighted by atomic mass is 10.2. The lowest BCUT2D eigenvalue weighted by Crippen LogP contribution is -2.49. The Kier molecular flexibility index (Phi) is 4.36. The van der Waals surface area contributed by atoms with E-state index in [-0.39, 0.29) is 5.91 Å². The standard InChI is InChI=1S/C17H15IN4OS/c18-13-3-1-12(2-4-13)17(23)22-8-6-21(7-9-22)15-14-5-10-24-16(14)20-11-19-15/h1-5,10-11H,6-9H2. The Labute approximate surface area is 157 Å². The minimum absolute atomic E-state index is 0.106. The third-order valence-corrected chi connectivity index (χ3v) is 5.74. The quantitative estimate of drug-likeness (QED) is 0.563. The van der Waals surface area contributed by atoms with Crippen LogP contribution in [0.15, 0.2) is 42.0 Å². The highest BCUT2D eigenvalue weighted by Gasteiger charge is 2.24. The second-order valence-corrected chi connectivity index (χ2v) is 7.76. The molecule has 0 radical (unpaired) electrons. The van der Waals surface area contributed by atoms with E-state index in [0.29, 0.717) is 13.1 Å². The van der Waals surface area contributed by atoms with E-state index in [0.717, 1.165) is 38.3 Å². The number of hydrogen-bond acceptors (Lipinski definition) is 5. The molecule has 0 unspecified atom stereocenters.